The molecule has 0 amide bonds. The van der Waals surface area contributed by atoms with E-state index in [2.05, 4.69) is 47.0 Å². The summed E-state index contributed by atoms with van der Waals surface area (Å²) in [7, 11) is 0. The maximum atomic E-state index is 6.38. The van der Waals surface area contributed by atoms with E-state index in [0.29, 0.717) is 26.4 Å². The molecule has 0 unspecified atom stereocenters. The van der Waals surface area contributed by atoms with Gasteiger partial charge in [0.25, 0.3) is 0 Å². The van der Waals surface area contributed by atoms with Crippen LogP contribution in [-0.4, -0.2) is 52.7 Å². The molecule has 0 saturated heterocycles. The van der Waals surface area contributed by atoms with Crippen LogP contribution in [0.25, 0.3) is 21.9 Å². The minimum absolute atomic E-state index is 0.618. The summed E-state index contributed by atoms with van der Waals surface area (Å²) in [6.07, 6.45) is 1.93. The molecule has 0 aliphatic carbocycles. The van der Waals surface area contributed by atoms with E-state index in [4.69, 9.17) is 18.6 Å². The minimum atomic E-state index is 0.618. The molecule has 0 saturated carbocycles. The van der Waals surface area contributed by atoms with Crippen molar-refractivity contribution < 1.29 is 18.6 Å². The van der Waals surface area contributed by atoms with Gasteiger partial charge in [-0.15, -0.1) is 0 Å². The number of hydrogen-bond acceptors (Lipinski definition) is 6. The Bertz CT molecular complexity index is 852. The van der Waals surface area contributed by atoms with Crippen molar-refractivity contribution in [2.24, 2.45) is 0 Å². The highest BCUT2D eigenvalue weighted by Gasteiger charge is 2.13. The van der Waals surface area contributed by atoms with Gasteiger partial charge in [-0.05, 0) is 25.9 Å². The number of para-hydroxylation sites is 2. The number of benzene rings is 2. The van der Waals surface area contributed by atoms with E-state index >= 15 is 0 Å². The number of rotatable bonds is 0. The highest BCUT2D eigenvalue weighted by Crippen LogP contribution is 2.32. The lowest BCUT2D eigenvalue weighted by molar-refractivity contribution is 0.0138. The molecule has 2 heterocycles. The molecule has 4 rings (SSSR count). The van der Waals surface area contributed by atoms with Crippen LogP contribution in [0.2, 0.25) is 0 Å². The Hall–Kier alpha value is -1.96. The monoisotopic (exact) mass is 412 g/mol. The van der Waals surface area contributed by atoms with Gasteiger partial charge in [-0.3, -0.25) is 0 Å². The molecule has 2 N–H and O–H groups in total. The summed E-state index contributed by atoms with van der Waals surface area (Å²) in [5.74, 6) is 0. The molecular weight excluding hydrogens is 380 g/mol. The van der Waals surface area contributed by atoms with Crippen molar-refractivity contribution >= 4 is 21.9 Å². The highest BCUT2D eigenvalue weighted by molar-refractivity contribution is 6.06. The second-order valence-electron chi connectivity index (χ2n) is 7.59. The quantitative estimate of drug-likeness (QED) is 0.588. The molecule has 0 spiro atoms. The Balaban J connectivity index is 1.48. The molecule has 0 radical (unpaired) electrons. The van der Waals surface area contributed by atoms with Crippen molar-refractivity contribution in [2.75, 3.05) is 52.7 Å². The SMILES string of the molecule is c1cc2c3oc4c(cccc4c3c1)CNCCCOCCOCCOCCCNC2. The molecular formula is C24H32N2O4. The van der Waals surface area contributed by atoms with Crippen LogP contribution in [0.4, 0.5) is 0 Å². The zero-order valence-corrected chi connectivity index (χ0v) is 17.6. The Labute approximate surface area is 177 Å². The number of ether oxygens (including phenoxy) is 3. The minimum Gasteiger partial charge on any atom is -0.455 e. The first-order chi connectivity index (χ1) is 14.9. The van der Waals surface area contributed by atoms with Crippen LogP contribution in [0.15, 0.2) is 40.8 Å². The maximum Gasteiger partial charge on any atom is 0.139 e. The molecule has 30 heavy (non-hydrogen) atoms. The fourth-order valence-electron chi connectivity index (χ4n) is 3.80. The van der Waals surface area contributed by atoms with E-state index in [9.17, 15) is 0 Å². The molecule has 6 heteroatoms. The third-order valence-electron chi connectivity index (χ3n) is 5.35. The van der Waals surface area contributed by atoms with Crippen LogP contribution < -0.4 is 10.6 Å². The zero-order chi connectivity index (χ0) is 20.4. The molecule has 0 fully saturated rings. The Kier molecular flexibility index (Phi) is 8.11. The lowest BCUT2D eigenvalue weighted by atomic mass is 10.1. The van der Waals surface area contributed by atoms with E-state index in [1.165, 1.54) is 21.9 Å². The highest BCUT2D eigenvalue weighted by atomic mass is 16.5. The summed E-state index contributed by atoms with van der Waals surface area (Å²) >= 11 is 0. The van der Waals surface area contributed by atoms with Gasteiger partial charge in [0, 0.05) is 48.2 Å². The van der Waals surface area contributed by atoms with Crippen LogP contribution in [0.3, 0.4) is 0 Å². The summed E-state index contributed by atoms with van der Waals surface area (Å²) < 4.78 is 23.2. The van der Waals surface area contributed by atoms with E-state index in [1.54, 1.807) is 0 Å². The lowest BCUT2D eigenvalue weighted by Gasteiger charge is -2.09. The topological polar surface area (TPSA) is 64.9 Å². The van der Waals surface area contributed by atoms with Gasteiger partial charge in [-0.1, -0.05) is 36.4 Å². The standard InChI is InChI=1S/C24H32N2O4/c1-5-19-17-25-9-3-11-27-13-15-29-16-14-28-12-4-10-26-18-20-6-2-8-22-21(7-1)23(19)30-24(20)22/h1-2,5-8,25-26H,3-4,9-18H2. The second kappa shape index (κ2) is 11.4. The van der Waals surface area contributed by atoms with Crippen LogP contribution in [-0.2, 0) is 27.3 Å². The van der Waals surface area contributed by atoms with Crippen molar-refractivity contribution in [1.29, 1.82) is 0 Å². The number of furan rings is 1. The van der Waals surface area contributed by atoms with Crippen molar-refractivity contribution in [2.45, 2.75) is 25.9 Å². The second-order valence-corrected chi connectivity index (χ2v) is 7.59. The Morgan fingerprint density at radius 3 is 1.53 bits per heavy atom. The van der Waals surface area contributed by atoms with Crippen molar-refractivity contribution in [1.82, 2.24) is 10.6 Å². The van der Waals surface area contributed by atoms with E-state index in [-0.39, 0.29) is 0 Å². The van der Waals surface area contributed by atoms with Gasteiger partial charge in [0.15, 0.2) is 0 Å². The predicted molar refractivity (Wildman–Crippen MR) is 119 cm³/mol. The number of fused-ring (bicyclic) bond motifs is 1. The van der Waals surface area contributed by atoms with Crippen LogP contribution in [0, 0.1) is 0 Å². The average molecular weight is 413 g/mol. The molecule has 6 nitrogen and oxygen atoms in total. The van der Waals surface area contributed by atoms with Gasteiger partial charge in [0.05, 0.1) is 26.4 Å². The van der Waals surface area contributed by atoms with Gasteiger partial charge < -0.3 is 29.3 Å². The summed E-state index contributed by atoms with van der Waals surface area (Å²) in [4.78, 5) is 0. The van der Waals surface area contributed by atoms with Gasteiger partial charge >= 0.3 is 0 Å². The van der Waals surface area contributed by atoms with Crippen molar-refractivity contribution in [3.63, 3.8) is 0 Å². The normalized spacial score (nSPS) is 19.1. The van der Waals surface area contributed by atoms with E-state index < -0.39 is 0 Å². The molecule has 1 aliphatic rings. The maximum absolute atomic E-state index is 6.38. The van der Waals surface area contributed by atoms with Gasteiger partial charge in [-0.25, -0.2) is 0 Å². The first kappa shape index (κ1) is 21.3. The fraction of sp³-hybridized carbons (Fsp3) is 0.500. The summed E-state index contributed by atoms with van der Waals surface area (Å²) in [6, 6.07) is 12.8. The fourth-order valence-corrected chi connectivity index (χ4v) is 3.80. The molecule has 2 bridgehead atoms. The molecule has 162 valence electrons. The van der Waals surface area contributed by atoms with Gasteiger partial charge in [-0.2, -0.15) is 0 Å². The largest absolute Gasteiger partial charge is 0.455 e. The van der Waals surface area contributed by atoms with Crippen molar-refractivity contribution in [3.05, 3.63) is 47.5 Å². The molecule has 1 aliphatic heterocycles. The molecule has 3 aromatic rings. The van der Waals surface area contributed by atoms with Crippen LogP contribution in [0.5, 0.6) is 0 Å². The van der Waals surface area contributed by atoms with Crippen LogP contribution >= 0.6 is 0 Å². The smallest absolute Gasteiger partial charge is 0.139 e. The summed E-state index contributed by atoms with van der Waals surface area (Å²) in [5, 5.41) is 9.39. The third-order valence-corrected chi connectivity index (χ3v) is 5.35. The van der Waals surface area contributed by atoms with Gasteiger partial charge in [0.1, 0.15) is 11.2 Å². The Morgan fingerprint density at radius 1 is 0.567 bits per heavy atom. The third kappa shape index (κ3) is 5.59. The van der Waals surface area contributed by atoms with Crippen molar-refractivity contribution in [3.8, 4) is 0 Å². The van der Waals surface area contributed by atoms with Gasteiger partial charge in [0.2, 0.25) is 0 Å². The average Bonchev–Trinajstić information content (AvgIpc) is 3.15. The first-order valence-corrected chi connectivity index (χ1v) is 11.0. The summed E-state index contributed by atoms with van der Waals surface area (Å²) in [5.41, 5.74) is 4.35. The number of nitrogens with one attached hydrogen (secondary N) is 2. The van der Waals surface area contributed by atoms with E-state index in [1.807, 2.05) is 0 Å². The van der Waals surface area contributed by atoms with Crippen LogP contribution in [0.1, 0.15) is 24.0 Å². The summed E-state index contributed by atoms with van der Waals surface area (Å²) in [6.45, 7) is 7.34. The predicted octanol–water partition coefficient (Wildman–Crippen LogP) is 3.61. The molecule has 2 aromatic carbocycles. The zero-order valence-electron chi connectivity index (χ0n) is 17.6. The molecule has 1 aromatic heterocycles. The Morgan fingerprint density at radius 2 is 1.03 bits per heavy atom. The lowest BCUT2D eigenvalue weighted by Crippen LogP contribution is -2.18. The van der Waals surface area contributed by atoms with E-state index in [0.717, 1.165) is 63.4 Å². The first-order valence-electron chi connectivity index (χ1n) is 11.0. The molecule has 0 atom stereocenters. The number of hydrogen-bond donors (Lipinski definition) is 2.